The van der Waals surface area contributed by atoms with E-state index < -0.39 is 0 Å². The molecule has 0 radical (unpaired) electrons. The van der Waals surface area contributed by atoms with E-state index in [1.807, 2.05) is 4.57 Å². The fourth-order valence-electron chi connectivity index (χ4n) is 3.12. The quantitative estimate of drug-likeness (QED) is 0.768. The predicted molar refractivity (Wildman–Crippen MR) is 95.9 cm³/mol. The molecule has 3 nitrogen and oxygen atoms in total. The molecule has 1 heterocycles. The van der Waals surface area contributed by atoms with Crippen LogP contribution < -0.4 is 10.5 Å². The molecule has 1 aliphatic rings. The molecule has 0 aliphatic heterocycles. The smallest absolute Gasteiger partial charge is 0.251 e. The van der Waals surface area contributed by atoms with Gasteiger partial charge < -0.3 is 9.47 Å². The number of anilines is 1. The predicted octanol–water partition coefficient (Wildman–Crippen LogP) is 3.99. The number of benzene rings is 1. The molecule has 1 aromatic carbocycles. The zero-order chi connectivity index (χ0) is 17.1. The molecule has 24 heavy (non-hydrogen) atoms. The summed E-state index contributed by atoms with van der Waals surface area (Å²) in [4.78, 5) is 14.7. The Balaban J connectivity index is 1.84. The van der Waals surface area contributed by atoms with Gasteiger partial charge in [-0.15, -0.1) is 0 Å². The Kier molecular flexibility index (Phi) is 5.03. The molecule has 1 fully saturated rings. The van der Waals surface area contributed by atoms with Crippen LogP contribution in [-0.2, 0) is 19.5 Å². The third-order valence-corrected chi connectivity index (χ3v) is 4.72. The van der Waals surface area contributed by atoms with Gasteiger partial charge in [0, 0.05) is 37.1 Å². The van der Waals surface area contributed by atoms with Gasteiger partial charge in [-0.2, -0.15) is 0 Å². The van der Waals surface area contributed by atoms with E-state index in [2.05, 4.69) is 24.8 Å². The van der Waals surface area contributed by atoms with Gasteiger partial charge >= 0.3 is 0 Å². The van der Waals surface area contributed by atoms with Crippen LogP contribution >= 0.6 is 0 Å². The number of rotatable bonds is 7. The highest BCUT2D eigenvalue weighted by molar-refractivity contribution is 5.46. The average Bonchev–Trinajstić information content (AvgIpc) is 3.40. The second-order valence-corrected chi connectivity index (χ2v) is 6.59. The summed E-state index contributed by atoms with van der Waals surface area (Å²) in [6.45, 7) is 6.49. The molecule has 1 saturated carbocycles. The molecule has 0 N–H and O–H groups in total. The largest absolute Gasteiger partial charge is 0.367 e. The summed E-state index contributed by atoms with van der Waals surface area (Å²) in [6, 6.07) is 10.4. The molecule has 2 aromatic rings. The van der Waals surface area contributed by atoms with Gasteiger partial charge in [-0.25, -0.2) is 4.39 Å². The number of pyridine rings is 1. The van der Waals surface area contributed by atoms with Crippen LogP contribution in [0.5, 0.6) is 0 Å². The molecule has 0 spiro atoms. The van der Waals surface area contributed by atoms with Crippen molar-refractivity contribution in [2.45, 2.75) is 46.2 Å². The Morgan fingerprint density at radius 2 is 1.88 bits per heavy atom. The second-order valence-electron chi connectivity index (χ2n) is 6.59. The highest BCUT2D eigenvalue weighted by Crippen LogP contribution is 2.30. The van der Waals surface area contributed by atoms with Gasteiger partial charge in [-0.3, -0.25) is 4.79 Å². The summed E-state index contributed by atoms with van der Waals surface area (Å²) in [6.07, 6.45) is 3.34. The molecule has 3 rings (SSSR count). The molecular weight excluding hydrogens is 303 g/mol. The molecule has 4 heteroatoms. The van der Waals surface area contributed by atoms with Crippen molar-refractivity contribution >= 4 is 5.69 Å². The van der Waals surface area contributed by atoms with Gasteiger partial charge in [-0.05, 0) is 68.0 Å². The zero-order valence-corrected chi connectivity index (χ0v) is 14.5. The number of nitrogens with zero attached hydrogens (tertiary/aromatic N) is 2. The van der Waals surface area contributed by atoms with Crippen LogP contribution in [-0.4, -0.2) is 11.1 Å². The van der Waals surface area contributed by atoms with Crippen LogP contribution in [0.4, 0.5) is 10.1 Å². The van der Waals surface area contributed by atoms with Gasteiger partial charge in [0.1, 0.15) is 5.82 Å². The van der Waals surface area contributed by atoms with Crippen molar-refractivity contribution in [3.63, 3.8) is 0 Å². The van der Waals surface area contributed by atoms with Gasteiger partial charge in [0.2, 0.25) is 0 Å². The third kappa shape index (κ3) is 3.86. The normalized spacial score (nSPS) is 14.0. The molecule has 0 atom stereocenters. The number of aromatic nitrogens is 1. The Morgan fingerprint density at radius 3 is 2.46 bits per heavy atom. The molecule has 1 aliphatic carbocycles. The number of halogens is 1. The van der Waals surface area contributed by atoms with E-state index in [1.54, 1.807) is 18.2 Å². The Labute approximate surface area is 142 Å². The first kappa shape index (κ1) is 16.7. The van der Waals surface area contributed by atoms with Crippen molar-refractivity contribution < 1.29 is 4.39 Å². The van der Waals surface area contributed by atoms with Crippen LogP contribution in [0, 0.1) is 11.7 Å². The van der Waals surface area contributed by atoms with E-state index in [0.29, 0.717) is 12.5 Å². The molecule has 1 aromatic heterocycles. The lowest BCUT2D eigenvalue weighted by Crippen LogP contribution is -2.27. The van der Waals surface area contributed by atoms with Crippen LogP contribution in [0.1, 0.15) is 37.9 Å². The minimum Gasteiger partial charge on any atom is -0.367 e. The summed E-state index contributed by atoms with van der Waals surface area (Å²) < 4.78 is 15.1. The summed E-state index contributed by atoms with van der Waals surface area (Å²) in [5.41, 5.74) is 3.21. The fraction of sp³-hybridized carbons (Fsp3) is 0.450. The standard InChI is InChI=1S/C20H25FN2O/c1-3-18-11-16(12-20(24)23(18)14-15-5-6-15)13-22(4-2)19-9-7-17(21)8-10-19/h7-12,15H,3-6,13-14H2,1-2H3. The maximum Gasteiger partial charge on any atom is 0.251 e. The van der Waals surface area contributed by atoms with Crippen molar-refractivity contribution in [3.8, 4) is 0 Å². The molecule has 0 saturated heterocycles. The lowest BCUT2D eigenvalue weighted by atomic mass is 10.1. The first-order chi connectivity index (χ1) is 11.6. The van der Waals surface area contributed by atoms with Crippen LogP contribution in [0.25, 0.3) is 0 Å². The molecule has 0 unspecified atom stereocenters. The van der Waals surface area contributed by atoms with Crippen molar-refractivity contribution in [2.75, 3.05) is 11.4 Å². The van der Waals surface area contributed by atoms with Gasteiger partial charge in [0.25, 0.3) is 5.56 Å². The Bertz CT molecular complexity index is 747. The maximum absolute atomic E-state index is 13.1. The highest BCUT2D eigenvalue weighted by atomic mass is 19.1. The monoisotopic (exact) mass is 328 g/mol. The fourth-order valence-corrected chi connectivity index (χ4v) is 3.12. The molecular formula is C20H25FN2O. The number of hydrogen-bond donors (Lipinski definition) is 0. The van der Waals surface area contributed by atoms with Crippen LogP contribution in [0.3, 0.4) is 0 Å². The van der Waals surface area contributed by atoms with E-state index >= 15 is 0 Å². The van der Waals surface area contributed by atoms with E-state index in [0.717, 1.165) is 36.5 Å². The highest BCUT2D eigenvalue weighted by Gasteiger charge is 2.23. The maximum atomic E-state index is 13.1. The minimum absolute atomic E-state index is 0.103. The summed E-state index contributed by atoms with van der Waals surface area (Å²) in [5, 5.41) is 0. The van der Waals surface area contributed by atoms with Crippen LogP contribution in [0.2, 0.25) is 0 Å². The Hall–Kier alpha value is -2.10. The SMILES string of the molecule is CCc1cc(CN(CC)c2ccc(F)cc2)cc(=O)n1CC1CC1. The molecule has 128 valence electrons. The van der Waals surface area contributed by atoms with Gasteiger partial charge in [0.05, 0.1) is 0 Å². The minimum atomic E-state index is -0.231. The first-order valence-electron chi connectivity index (χ1n) is 8.83. The lowest BCUT2D eigenvalue weighted by Gasteiger charge is -2.24. The van der Waals surface area contributed by atoms with E-state index in [4.69, 9.17) is 0 Å². The third-order valence-electron chi connectivity index (χ3n) is 4.72. The first-order valence-corrected chi connectivity index (χ1v) is 8.83. The van der Waals surface area contributed by atoms with Crippen LogP contribution in [0.15, 0.2) is 41.2 Å². The number of hydrogen-bond acceptors (Lipinski definition) is 2. The molecule has 0 bridgehead atoms. The van der Waals surface area contributed by atoms with Gasteiger partial charge in [0.15, 0.2) is 0 Å². The second kappa shape index (κ2) is 7.20. The lowest BCUT2D eigenvalue weighted by molar-refractivity contribution is 0.579. The molecule has 0 amide bonds. The van der Waals surface area contributed by atoms with Crippen molar-refractivity contribution in [1.29, 1.82) is 0 Å². The van der Waals surface area contributed by atoms with E-state index in [1.165, 1.54) is 25.0 Å². The summed E-state index contributed by atoms with van der Waals surface area (Å²) in [7, 11) is 0. The van der Waals surface area contributed by atoms with Gasteiger partial charge in [-0.1, -0.05) is 6.92 Å². The van der Waals surface area contributed by atoms with E-state index in [-0.39, 0.29) is 11.4 Å². The zero-order valence-electron chi connectivity index (χ0n) is 14.5. The van der Waals surface area contributed by atoms with Crippen molar-refractivity contribution in [2.24, 2.45) is 5.92 Å². The van der Waals surface area contributed by atoms with Crippen molar-refractivity contribution in [3.05, 3.63) is 63.8 Å². The average molecular weight is 328 g/mol. The van der Waals surface area contributed by atoms with E-state index in [9.17, 15) is 9.18 Å². The Morgan fingerprint density at radius 1 is 1.17 bits per heavy atom. The summed E-state index contributed by atoms with van der Waals surface area (Å²) in [5.74, 6) is 0.455. The number of aryl methyl sites for hydroxylation is 1. The summed E-state index contributed by atoms with van der Waals surface area (Å²) >= 11 is 0. The van der Waals surface area contributed by atoms with Crippen molar-refractivity contribution in [1.82, 2.24) is 4.57 Å². The topological polar surface area (TPSA) is 25.2 Å².